The molecule has 0 saturated carbocycles. The number of furan rings is 1. The summed E-state index contributed by atoms with van der Waals surface area (Å²) in [5.74, 6) is 2.32. The minimum Gasteiger partial charge on any atom is -0.459 e. The first-order valence-corrected chi connectivity index (χ1v) is 9.24. The Hall–Kier alpha value is -0.640. The molecule has 4 heteroatoms. The minimum absolute atomic E-state index is 0.307. The molecule has 2 atom stereocenters. The van der Waals surface area contributed by atoms with Crippen LogP contribution in [0, 0.1) is 0 Å². The lowest BCUT2D eigenvalue weighted by atomic mass is 10.0. The van der Waals surface area contributed by atoms with E-state index >= 15 is 0 Å². The van der Waals surface area contributed by atoms with Crippen molar-refractivity contribution in [3.63, 3.8) is 0 Å². The second-order valence-electron chi connectivity index (χ2n) is 5.67. The third kappa shape index (κ3) is 3.58. The van der Waals surface area contributed by atoms with E-state index in [4.69, 9.17) is 16.0 Å². The van der Waals surface area contributed by atoms with E-state index in [1.807, 2.05) is 18.2 Å². The molecule has 1 aromatic heterocycles. The van der Waals surface area contributed by atoms with Crippen LogP contribution in [0.25, 0.3) is 11.0 Å². The van der Waals surface area contributed by atoms with E-state index in [0.29, 0.717) is 11.3 Å². The van der Waals surface area contributed by atoms with Gasteiger partial charge in [-0.25, -0.2) is 0 Å². The molecule has 2 heterocycles. The van der Waals surface area contributed by atoms with Crippen LogP contribution in [-0.4, -0.2) is 17.5 Å². The molecule has 1 aliphatic rings. The van der Waals surface area contributed by atoms with Crippen molar-refractivity contribution in [1.29, 1.82) is 0 Å². The lowest BCUT2D eigenvalue weighted by Gasteiger charge is -2.29. The van der Waals surface area contributed by atoms with E-state index < -0.39 is 0 Å². The second kappa shape index (κ2) is 7.08. The molecule has 1 fully saturated rings. The van der Waals surface area contributed by atoms with Gasteiger partial charge >= 0.3 is 0 Å². The van der Waals surface area contributed by atoms with Crippen LogP contribution in [0.15, 0.2) is 28.7 Å². The topological polar surface area (TPSA) is 25.2 Å². The minimum atomic E-state index is 0.307. The number of nitrogens with one attached hydrogen (secondary N) is 1. The fraction of sp³-hybridized carbons (Fsp3) is 0.529. The van der Waals surface area contributed by atoms with Gasteiger partial charge in [0.1, 0.15) is 11.3 Å². The summed E-state index contributed by atoms with van der Waals surface area (Å²) in [7, 11) is 0. The second-order valence-corrected chi connectivity index (χ2v) is 7.45. The Labute approximate surface area is 135 Å². The van der Waals surface area contributed by atoms with Crippen molar-refractivity contribution in [2.24, 2.45) is 0 Å². The molecule has 2 nitrogen and oxygen atoms in total. The Kier molecular flexibility index (Phi) is 5.15. The Morgan fingerprint density at radius 2 is 2.29 bits per heavy atom. The highest BCUT2D eigenvalue weighted by Crippen LogP contribution is 2.37. The first-order chi connectivity index (χ1) is 10.3. The molecule has 1 saturated heterocycles. The average Bonchev–Trinajstić information content (AvgIpc) is 2.91. The van der Waals surface area contributed by atoms with Crippen molar-refractivity contribution < 1.29 is 4.42 Å². The lowest BCUT2D eigenvalue weighted by molar-refractivity contribution is 0.403. The summed E-state index contributed by atoms with van der Waals surface area (Å²) in [6.07, 6.45) is 5.08. The summed E-state index contributed by atoms with van der Waals surface area (Å²) in [6, 6.07) is 8.30. The van der Waals surface area contributed by atoms with Gasteiger partial charge in [-0.1, -0.05) is 24.9 Å². The van der Waals surface area contributed by atoms with Gasteiger partial charge in [-0.05, 0) is 55.8 Å². The molecule has 0 radical (unpaired) electrons. The quantitative estimate of drug-likeness (QED) is 0.796. The van der Waals surface area contributed by atoms with Crippen LogP contribution in [0.3, 0.4) is 0 Å². The Morgan fingerprint density at radius 1 is 1.38 bits per heavy atom. The molecule has 114 valence electrons. The average molecular weight is 324 g/mol. The number of benzene rings is 1. The van der Waals surface area contributed by atoms with Gasteiger partial charge in [0.25, 0.3) is 0 Å². The third-order valence-electron chi connectivity index (χ3n) is 4.00. The largest absolute Gasteiger partial charge is 0.459 e. The molecule has 2 unspecified atom stereocenters. The Balaban J connectivity index is 1.88. The maximum Gasteiger partial charge on any atom is 0.134 e. The summed E-state index contributed by atoms with van der Waals surface area (Å²) < 4.78 is 6.10. The first-order valence-electron chi connectivity index (χ1n) is 7.82. The Bertz CT molecular complexity index is 591. The summed E-state index contributed by atoms with van der Waals surface area (Å²) in [5.41, 5.74) is 0.929. The van der Waals surface area contributed by atoms with Gasteiger partial charge < -0.3 is 9.73 Å². The van der Waals surface area contributed by atoms with E-state index in [9.17, 15) is 0 Å². The number of fused-ring (bicyclic) bond motifs is 1. The smallest absolute Gasteiger partial charge is 0.134 e. The van der Waals surface area contributed by atoms with E-state index in [1.165, 1.54) is 25.0 Å². The molecule has 0 amide bonds. The van der Waals surface area contributed by atoms with Crippen molar-refractivity contribution in [1.82, 2.24) is 5.32 Å². The van der Waals surface area contributed by atoms with Crippen molar-refractivity contribution in [3.05, 3.63) is 35.0 Å². The van der Waals surface area contributed by atoms with Crippen LogP contribution < -0.4 is 5.32 Å². The number of rotatable bonds is 5. The van der Waals surface area contributed by atoms with Gasteiger partial charge in [0.2, 0.25) is 0 Å². The molecule has 21 heavy (non-hydrogen) atoms. The maximum atomic E-state index is 6.10. The van der Waals surface area contributed by atoms with Crippen molar-refractivity contribution in [3.8, 4) is 0 Å². The van der Waals surface area contributed by atoms with Crippen LogP contribution in [0.1, 0.15) is 44.4 Å². The molecular weight excluding hydrogens is 302 g/mol. The molecule has 1 N–H and O–H groups in total. The van der Waals surface area contributed by atoms with E-state index in [1.54, 1.807) is 0 Å². The molecule has 1 aromatic carbocycles. The predicted molar refractivity (Wildman–Crippen MR) is 92.4 cm³/mol. The summed E-state index contributed by atoms with van der Waals surface area (Å²) >= 11 is 8.16. The first kappa shape index (κ1) is 15.3. The Morgan fingerprint density at radius 3 is 3.05 bits per heavy atom. The highest BCUT2D eigenvalue weighted by molar-refractivity contribution is 8.00. The normalized spacial score (nSPS) is 20.8. The van der Waals surface area contributed by atoms with E-state index in [0.717, 1.165) is 34.7 Å². The molecular formula is C17H22ClNOS. The summed E-state index contributed by atoms with van der Waals surface area (Å²) in [4.78, 5) is 0. The van der Waals surface area contributed by atoms with Crippen molar-refractivity contribution in [2.75, 3.05) is 12.3 Å². The number of hydrogen-bond acceptors (Lipinski definition) is 3. The zero-order chi connectivity index (χ0) is 14.7. The molecule has 0 spiro atoms. The van der Waals surface area contributed by atoms with E-state index in [2.05, 4.69) is 30.1 Å². The monoisotopic (exact) mass is 323 g/mol. The van der Waals surface area contributed by atoms with Gasteiger partial charge in [-0.3, -0.25) is 0 Å². The van der Waals surface area contributed by atoms with E-state index in [-0.39, 0.29) is 0 Å². The van der Waals surface area contributed by atoms with Crippen LogP contribution in [0.5, 0.6) is 0 Å². The number of hydrogen-bond donors (Lipinski definition) is 1. The molecule has 2 aromatic rings. The standard InChI is InChI=1S/C17H22ClNOS/c1-2-8-19-17(16-5-3-4-9-21-16)15-11-12-10-13(18)6-7-14(12)20-15/h6-7,10-11,16-17,19H,2-5,8-9H2,1H3. The molecule has 0 aliphatic carbocycles. The maximum absolute atomic E-state index is 6.10. The van der Waals surface area contributed by atoms with Gasteiger partial charge in [0.15, 0.2) is 0 Å². The van der Waals surface area contributed by atoms with Crippen LogP contribution in [0.4, 0.5) is 0 Å². The highest BCUT2D eigenvalue weighted by Gasteiger charge is 2.27. The summed E-state index contributed by atoms with van der Waals surface area (Å²) in [5, 5.41) is 6.16. The SMILES string of the molecule is CCCNC(c1cc2cc(Cl)ccc2o1)C1CCCCS1. The lowest BCUT2D eigenvalue weighted by Crippen LogP contribution is -2.32. The number of thioether (sulfide) groups is 1. The van der Waals surface area contributed by atoms with Crippen LogP contribution in [0.2, 0.25) is 5.02 Å². The highest BCUT2D eigenvalue weighted by atomic mass is 35.5. The number of halogens is 1. The zero-order valence-corrected chi connectivity index (χ0v) is 14.0. The van der Waals surface area contributed by atoms with Crippen molar-refractivity contribution >= 4 is 34.3 Å². The predicted octanol–water partition coefficient (Wildman–Crippen LogP) is 5.41. The van der Waals surface area contributed by atoms with Crippen LogP contribution in [-0.2, 0) is 0 Å². The fourth-order valence-corrected chi connectivity index (χ4v) is 4.54. The van der Waals surface area contributed by atoms with Gasteiger partial charge in [-0.2, -0.15) is 11.8 Å². The molecule has 3 rings (SSSR count). The van der Waals surface area contributed by atoms with Gasteiger partial charge in [0, 0.05) is 15.7 Å². The van der Waals surface area contributed by atoms with Crippen molar-refractivity contribution in [2.45, 2.75) is 43.9 Å². The molecule has 1 aliphatic heterocycles. The fourth-order valence-electron chi connectivity index (χ4n) is 2.93. The zero-order valence-electron chi connectivity index (χ0n) is 12.4. The summed E-state index contributed by atoms with van der Waals surface area (Å²) in [6.45, 7) is 3.23. The van der Waals surface area contributed by atoms with Crippen LogP contribution >= 0.6 is 23.4 Å². The van der Waals surface area contributed by atoms with Gasteiger partial charge in [-0.15, -0.1) is 0 Å². The third-order valence-corrected chi connectivity index (χ3v) is 5.70. The van der Waals surface area contributed by atoms with Gasteiger partial charge in [0.05, 0.1) is 6.04 Å². The molecule has 0 bridgehead atoms.